The van der Waals surface area contributed by atoms with E-state index in [1.807, 2.05) is 11.0 Å². The number of halogens is 1. The van der Waals surface area contributed by atoms with Gasteiger partial charge in [-0.05, 0) is 50.0 Å². The number of amides is 1. The number of fused-ring (bicyclic) bond motifs is 1. The van der Waals surface area contributed by atoms with E-state index in [9.17, 15) is 14.0 Å². The van der Waals surface area contributed by atoms with E-state index in [0.717, 1.165) is 12.1 Å². The monoisotopic (exact) mass is 438 g/mol. The maximum Gasteiger partial charge on any atom is 0.255 e. The van der Waals surface area contributed by atoms with Crippen LogP contribution in [-0.4, -0.2) is 59.7 Å². The Labute approximate surface area is 186 Å². The van der Waals surface area contributed by atoms with Crippen molar-refractivity contribution in [1.29, 1.82) is 5.41 Å². The third kappa shape index (κ3) is 4.35. The standard InChI is InChI=1S/C24H27FN4O3/c1-15(2)22(30)19-7-6-18(12-20(19)26)29-9-4-10-32-21-11-16(13-27-23(21)29)24(31)28-8-3-5-17(25)14-28/h6-7,11-13,17,19,26H,1,3-5,8-10,14H2,2H3/t17-,19?/m1/s1. The molecule has 32 heavy (non-hydrogen) atoms. The normalized spacial score (nSPS) is 23.1. The second-order valence-corrected chi connectivity index (χ2v) is 8.40. The zero-order chi connectivity index (χ0) is 22.8. The highest BCUT2D eigenvalue weighted by Gasteiger charge is 2.29. The summed E-state index contributed by atoms with van der Waals surface area (Å²) in [5, 5.41) is 8.33. The van der Waals surface area contributed by atoms with Crippen molar-refractivity contribution >= 4 is 23.2 Å². The summed E-state index contributed by atoms with van der Waals surface area (Å²) in [5.41, 5.74) is 1.71. The first kappa shape index (κ1) is 21.9. The molecule has 2 aliphatic heterocycles. The number of hydrogen-bond donors (Lipinski definition) is 1. The molecule has 3 heterocycles. The molecule has 1 saturated heterocycles. The highest BCUT2D eigenvalue weighted by molar-refractivity contribution is 6.16. The number of ether oxygens (including phenoxy) is 1. The number of likely N-dealkylation sites (tertiary alicyclic amines) is 1. The fraction of sp³-hybridized carbons (Fsp3) is 0.417. The lowest BCUT2D eigenvalue weighted by atomic mass is 9.90. The number of piperidine rings is 1. The summed E-state index contributed by atoms with van der Waals surface area (Å²) in [6.45, 7) is 7.05. The van der Waals surface area contributed by atoms with Crippen molar-refractivity contribution in [2.75, 3.05) is 31.1 Å². The van der Waals surface area contributed by atoms with Gasteiger partial charge in [-0.3, -0.25) is 9.59 Å². The lowest BCUT2D eigenvalue weighted by Gasteiger charge is -2.29. The van der Waals surface area contributed by atoms with Gasteiger partial charge in [0.05, 0.1) is 24.6 Å². The minimum absolute atomic E-state index is 0.104. The lowest BCUT2D eigenvalue weighted by Crippen LogP contribution is -2.40. The van der Waals surface area contributed by atoms with Crippen molar-refractivity contribution in [2.45, 2.75) is 32.4 Å². The number of aromatic nitrogens is 1. The van der Waals surface area contributed by atoms with Crippen LogP contribution in [0.4, 0.5) is 10.2 Å². The molecule has 0 spiro atoms. The van der Waals surface area contributed by atoms with Crippen LogP contribution in [0.25, 0.3) is 0 Å². The van der Waals surface area contributed by atoms with Crippen molar-refractivity contribution in [3.63, 3.8) is 0 Å². The summed E-state index contributed by atoms with van der Waals surface area (Å²) >= 11 is 0. The molecule has 1 unspecified atom stereocenters. The Morgan fingerprint density at radius 3 is 2.84 bits per heavy atom. The van der Waals surface area contributed by atoms with Crippen LogP contribution >= 0.6 is 0 Å². The summed E-state index contributed by atoms with van der Waals surface area (Å²) in [7, 11) is 0. The van der Waals surface area contributed by atoms with E-state index in [1.165, 1.54) is 11.1 Å². The number of nitrogens with one attached hydrogen (secondary N) is 1. The van der Waals surface area contributed by atoms with Gasteiger partial charge < -0.3 is 19.9 Å². The zero-order valence-electron chi connectivity index (χ0n) is 18.1. The lowest BCUT2D eigenvalue weighted by molar-refractivity contribution is -0.116. The second kappa shape index (κ2) is 9.06. The first-order valence-corrected chi connectivity index (χ1v) is 10.9. The van der Waals surface area contributed by atoms with Crippen LogP contribution in [0.1, 0.15) is 36.5 Å². The Morgan fingerprint density at radius 2 is 2.12 bits per heavy atom. The van der Waals surface area contributed by atoms with E-state index >= 15 is 0 Å². The minimum atomic E-state index is -0.992. The minimum Gasteiger partial charge on any atom is -0.490 e. The Kier molecular flexibility index (Phi) is 6.21. The third-order valence-corrected chi connectivity index (χ3v) is 5.88. The molecule has 0 aromatic carbocycles. The first-order chi connectivity index (χ1) is 15.3. The van der Waals surface area contributed by atoms with E-state index in [4.69, 9.17) is 10.1 Å². The van der Waals surface area contributed by atoms with Crippen LogP contribution < -0.4 is 9.64 Å². The summed E-state index contributed by atoms with van der Waals surface area (Å²) in [4.78, 5) is 33.1. The predicted octanol–water partition coefficient (Wildman–Crippen LogP) is 3.48. The van der Waals surface area contributed by atoms with Gasteiger partial charge in [0.15, 0.2) is 17.4 Å². The van der Waals surface area contributed by atoms with Crippen LogP contribution in [0, 0.1) is 11.3 Å². The zero-order valence-corrected chi connectivity index (χ0v) is 18.1. The predicted molar refractivity (Wildman–Crippen MR) is 120 cm³/mol. The molecular weight excluding hydrogens is 411 g/mol. The van der Waals surface area contributed by atoms with Crippen molar-refractivity contribution in [2.24, 2.45) is 5.92 Å². The Bertz CT molecular complexity index is 1030. The average molecular weight is 439 g/mol. The molecule has 8 heteroatoms. The van der Waals surface area contributed by atoms with Crippen molar-refractivity contribution in [1.82, 2.24) is 9.88 Å². The number of carbonyl (C=O) groups excluding carboxylic acids is 2. The maximum absolute atomic E-state index is 13.8. The topological polar surface area (TPSA) is 86.6 Å². The number of alkyl halides is 1. The van der Waals surface area contributed by atoms with E-state index in [-0.39, 0.29) is 23.9 Å². The number of allylic oxidation sites excluding steroid dienone is 4. The van der Waals surface area contributed by atoms with Gasteiger partial charge in [0.25, 0.3) is 5.91 Å². The third-order valence-electron chi connectivity index (χ3n) is 5.88. The maximum atomic E-state index is 13.8. The van der Waals surface area contributed by atoms with Crippen LogP contribution in [0.5, 0.6) is 5.75 Å². The molecule has 1 fully saturated rings. The number of ketones is 1. The van der Waals surface area contributed by atoms with E-state index in [1.54, 1.807) is 25.1 Å². The molecule has 168 valence electrons. The molecule has 0 bridgehead atoms. The summed E-state index contributed by atoms with van der Waals surface area (Å²) in [6.07, 6.45) is 7.55. The van der Waals surface area contributed by atoms with Crippen molar-refractivity contribution < 1.29 is 18.7 Å². The van der Waals surface area contributed by atoms with Gasteiger partial charge in [-0.15, -0.1) is 0 Å². The highest BCUT2D eigenvalue weighted by Crippen LogP contribution is 2.34. The number of hydrogen-bond acceptors (Lipinski definition) is 6. The van der Waals surface area contributed by atoms with Crippen LogP contribution in [-0.2, 0) is 4.79 Å². The van der Waals surface area contributed by atoms with Gasteiger partial charge in [-0.25, -0.2) is 9.37 Å². The fourth-order valence-electron chi connectivity index (χ4n) is 4.18. The first-order valence-electron chi connectivity index (χ1n) is 10.9. The average Bonchev–Trinajstić information content (AvgIpc) is 3.00. The molecule has 1 aliphatic carbocycles. The van der Waals surface area contributed by atoms with Crippen LogP contribution in [0.3, 0.4) is 0 Å². The van der Waals surface area contributed by atoms with E-state index < -0.39 is 12.1 Å². The van der Waals surface area contributed by atoms with Gasteiger partial charge in [0.1, 0.15) is 6.17 Å². The molecule has 0 radical (unpaired) electrons. The van der Waals surface area contributed by atoms with Gasteiger partial charge in [-0.1, -0.05) is 12.7 Å². The summed E-state index contributed by atoms with van der Waals surface area (Å²) in [6, 6.07) is 1.66. The van der Waals surface area contributed by atoms with Crippen molar-refractivity contribution in [3.05, 3.63) is 53.9 Å². The number of rotatable bonds is 4. The molecule has 4 rings (SSSR count). The molecule has 1 N–H and O–H groups in total. The molecule has 3 aliphatic rings. The van der Waals surface area contributed by atoms with Crippen LogP contribution in [0.15, 0.2) is 48.3 Å². The SMILES string of the molecule is C=C(C)C(=O)C1C=CC(N2CCCOc3cc(C(=O)N4CCC[C@@H](F)C4)cnc32)=CC1=N. The Hall–Kier alpha value is -3.29. The fourth-order valence-corrected chi connectivity index (χ4v) is 4.18. The number of carbonyl (C=O) groups is 2. The van der Waals surface area contributed by atoms with Gasteiger partial charge >= 0.3 is 0 Å². The molecule has 1 amide bonds. The molecule has 2 atom stereocenters. The number of anilines is 1. The molecule has 0 saturated carbocycles. The molecule has 7 nitrogen and oxygen atoms in total. The molecule has 1 aromatic heterocycles. The Balaban J connectivity index is 1.59. The largest absolute Gasteiger partial charge is 0.490 e. The van der Waals surface area contributed by atoms with Crippen LogP contribution in [0.2, 0.25) is 0 Å². The quantitative estimate of drug-likeness (QED) is 0.728. The molecular formula is C24H27FN4O3. The van der Waals surface area contributed by atoms with E-state index in [2.05, 4.69) is 11.6 Å². The summed E-state index contributed by atoms with van der Waals surface area (Å²) in [5.74, 6) is -0.0224. The second-order valence-electron chi connectivity index (χ2n) is 8.40. The van der Waals surface area contributed by atoms with Gasteiger partial charge in [0, 0.05) is 30.7 Å². The smallest absolute Gasteiger partial charge is 0.255 e. The van der Waals surface area contributed by atoms with Crippen molar-refractivity contribution in [3.8, 4) is 5.75 Å². The van der Waals surface area contributed by atoms with Gasteiger partial charge in [-0.2, -0.15) is 0 Å². The number of nitrogens with zero attached hydrogens (tertiary/aromatic N) is 3. The van der Waals surface area contributed by atoms with E-state index in [0.29, 0.717) is 55.2 Å². The summed E-state index contributed by atoms with van der Waals surface area (Å²) < 4.78 is 19.6. The highest BCUT2D eigenvalue weighted by atomic mass is 19.1. The Morgan fingerprint density at radius 1 is 1.31 bits per heavy atom. The number of pyridine rings is 1. The van der Waals surface area contributed by atoms with Gasteiger partial charge in [0.2, 0.25) is 0 Å². The molecule has 1 aromatic rings. The number of Topliss-reactive ketones (excluding diaryl/α,β-unsaturated/α-hetero) is 1.